The molecule has 1 aliphatic heterocycles. The summed E-state index contributed by atoms with van der Waals surface area (Å²) in [6.07, 6.45) is 5.95. The molecular formula is C12H24NO2+. The molecule has 1 heterocycles. The summed E-state index contributed by atoms with van der Waals surface area (Å²) in [5.74, 6) is 0.887. The van der Waals surface area contributed by atoms with Crippen LogP contribution in [0.3, 0.4) is 0 Å². The van der Waals surface area contributed by atoms with Crippen molar-refractivity contribution < 1.29 is 9.84 Å². The minimum atomic E-state index is 0.504. The van der Waals surface area contributed by atoms with Crippen LogP contribution in [0.15, 0.2) is 0 Å². The van der Waals surface area contributed by atoms with Crippen molar-refractivity contribution in [3.63, 3.8) is 0 Å². The molecule has 0 aromatic heterocycles. The third-order valence-electron chi connectivity index (χ3n) is 3.68. The highest BCUT2D eigenvalue weighted by Gasteiger charge is 2.30. The fraction of sp³-hybridized carbons (Fsp3) is 1.00. The average Bonchev–Trinajstić information content (AvgIpc) is 2.19. The van der Waals surface area contributed by atoms with Crippen molar-refractivity contribution in [1.29, 1.82) is 0 Å². The van der Waals surface area contributed by atoms with Gasteiger partial charge in [-0.25, -0.2) is 0 Å². The fourth-order valence-electron chi connectivity index (χ4n) is 2.64. The van der Waals surface area contributed by atoms with Gasteiger partial charge in [0, 0.05) is 13.1 Å². The van der Waals surface area contributed by atoms with Crippen LogP contribution in [0.4, 0.5) is 0 Å². The number of ether oxygens (including phenoxy) is 1. The first-order valence-corrected chi connectivity index (χ1v) is 6.30. The smallest absolute Gasteiger partial charge is 0.156 e. The predicted molar refractivity (Wildman–Crippen MR) is 61.2 cm³/mol. The van der Waals surface area contributed by atoms with Crippen molar-refractivity contribution in [2.75, 3.05) is 26.2 Å². The van der Waals surface area contributed by atoms with Gasteiger partial charge in [0.25, 0.3) is 0 Å². The van der Waals surface area contributed by atoms with Gasteiger partial charge in [0.1, 0.15) is 0 Å². The van der Waals surface area contributed by atoms with E-state index in [1.807, 2.05) is 0 Å². The predicted octanol–water partition coefficient (Wildman–Crippen LogP) is 0.990. The van der Waals surface area contributed by atoms with Crippen LogP contribution >= 0.6 is 0 Å². The van der Waals surface area contributed by atoms with Crippen molar-refractivity contribution in [1.82, 2.24) is 4.90 Å². The molecule has 3 heteroatoms. The number of piperidine rings is 1. The molecule has 2 aliphatic rings. The molecule has 15 heavy (non-hydrogen) atoms. The van der Waals surface area contributed by atoms with Crippen LogP contribution in [-0.4, -0.2) is 48.5 Å². The lowest BCUT2D eigenvalue weighted by Gasteiger charge is -2.38. The van der Waals surface area contributed by atoms with Crippen molar-refractivity contribution in [3.8, 4) is 0 Å². The maximum absolute atomic E-state index is 7.19. The van der Waals surface area contributed by atoms with E-state index in [4.69, 9.17) is 9.84 Å². The molecule has 0 aromatic carbocycles. The summed E-state index contributed by atoms with van der Waals surface area (Å²) in [6.45, 7) is 6.03. The SMILES string of the molecule is CC1CC(OC2CCN(CC[OH2+])CC2)C1. The Morgan fingerprint density at radius 2 is 1.87 bits per heavy atom. The largest absolute Gasteiger partial charge is 0.444 e. The quantitative estimate of drug-likeness (QED) is 0.654. The molecule has 0 radical (unpaired) electrons. The summed E-state index contributed by atoms with van der Waals surface area (Å²) in [4.78, 5) is 2.39. The number of hydrogen-bond donors (Lipinski definition) is 0. The maximum atomic E-state index is 7.19. The van der Waals surface area contributed by atoms with Gasteiger partial charge >= 0.3 is 0 Å². The standard InChI is InChI=1S/C12H23NO2/c1-10-8-12(9-10)15-11-2-4-13(5-3-11)6-7-14/h10-12,14H,2-9H2,1H3/p+1. The molecule has 0 amide bonds. The first-order chi connectivity index (χ1) is 7.28. The summed E-state index contributed by atoms with van der Waals surface area (Å²) in [7, 11) is 0. The summed E-state index contributed by atoms with van der Waals surface area (Å²) >= 11 is 0. The van der Waals surface area contributed by atoms with Crippen molar-refractivity contribution in [3.05, 3.63) is 0 Å². The lowest BCUT2D eigenvalue weighted by Crippen LogP contribution is -2.41. The number of hydrogen-bond acceptors (Lipinski definition) is 2. The zero-order chi connectivity index (χ0) is 10.7. The maximum Gasteiger partial charge on any atom is 0.156 e. The molecule has 1 saturated heterocycles. The number of likely N-dealkylation sites (tertiary alicyclic amines) is 1. The summed E-state index contributed by atoms with van der Waals surface area (Å²) < 4.78 is 6.05. The van der Waals surface area contributed by atoms with Crippen LogP contribution < -0.4 is 0 Å². The number of nitrogens with zero attached hydrogens (tertiary/aromatic N) is 1. The first kappa shape index (κ1) is 11.4. The Hall–Kier alpha value is -0.120. The molecule has 2 N–H and O–H groups in total. The Morgan fingerprint density at radius 1 is 1.20 bits per heavy atom. The van der Waals surface area contributed by atoms with Gasteiger partial charge in [-0.2, -0.15) is 0 Å². The Morgan fingerprint density at radius 3 is 2.40 bits per heavy atom. The second-order valence-electron chi connectivity index (χ2n) is 5.13. The first-order valence-electron chi connectivity index (χ1n) is 6.30. The van der Waals surface area contributed by atoms with Crippen molar-refractivity contribution >= 4 is 0 Å². The third kappa shape index (κ3) is 3.16. The van der Waals surface area contributed by atoms with Gasteiger partial charge in [-0.05, 0) is 31.6 Å². The van der Waals surface area contributed by atoms with Gasteiger partial charge in [-0.15, -0.1) is 0 Å². The molecule has 2 fully saturated rings. The lowest BCUT2D eigenvalue weighted by atomic mass is 9.84. The summed E-state index contributed by atoms with van der Waals surface area (Å²) in [5.41, 5.74) is 0. The highest BCUT2D eigenvalue weighted by molar-refractivity contribution is 4.80. The van der Waals surface area contributed by atoms with Gasteiger partial charge in [0.2, 0.25) is 0 Å². The van der Waals surface area contributed by atoms with Crippen LogP contribution in [0.1, 0.15) is 32.6 Å². The molecule has 1 aliphatic carbocycles. The molecule has 0 atom stereocenters. The van der Waals surface area contributed by atoms with Crippen LogP contribution in [0.25, 0.3) is 0 Å². The minimum Gasteiger partial charge on any atom is -0.444 e. The van der Waals surface area contributed by atoms with E-state index in [2.05, 4.69) is 11.8 Å². The summed E-state index contributed by atoms with van der Waals surface area (Å²) in [6, 6.07) is 0. The topological polar surface area (TPSA) is 35.4 Å². The molecule has 1 saturated carbocycles. The summed E-state index contributed by atoms with van der Waals surface area (Å²) in [5, 5.41) is 7.19. The second kappa shape index (κ2) is 5.28. The van der Waals surface area contributed by atoms with Crippen LogP contribution in [0.2, 0.25) is 0 Å². The Labute approximate surface area is 92.4 Å². The molecule has 3 nitrogen and oxygen atoms in total. The zero-order valence-corrected chi connectivity index (χ0v) is 9.74. The Bertz CT molecular complexity index is 184. The third-order valence-corrected chi connectivity index (χ3v) is 3.68. The average molecular weight is 214 g/mol. The molecule has 0 aromatic rings. The zero-order valence-electron chi connectivity index (χ0n) is 9.74. The van der Waals surface area contributed by atoms with E-state index < -0.39 is 0 Å². The monoisotopic (exact) mass is 214 g/mol. The van der Waals surface area contributed by atoms with E-state index in [1.165, 1.54) is 25.7 Å². The van der Waals surface area contributed by atoms with E-state index in [-0.39, 0.29) is 0 Å². The lowest BCUT2D eigenvalue weighted by molar-refractivity contribution is -0.0910. The minimum absolute atomic E-state index is 0.504. The van der Waals surface area contributed by atoms with Crippen LogP contribution in [-0.2, 0) is 4.74 Å². The fourth-order valence-corrected chi connectivity index (χ4v) is 2.64. The van der Waals surface area contributed by atoms with Crippen molar-refractivity contribution in [2.24, 2.45) is 5.92 Å². The molecule has 88 valence electrons. The van der Waals surface area contributed by atoms with E-state index in [0.717, 1.165) is 25.6 Å². The highest BCUT2D eigenvalue weighted by atomic mass is 16.5. The Kier molecular flexibility index (Phi) is 4.00. The van der Waals surface area contributed by atoms with Gasteiger partial charge in [-0.1, -0.05) is 6.92 Å². The molecule has 0 unspecified atom stereocenters. The van der Waals surface area contributed by atoms with E-state index in [9.17, 15) is 0 Å². The molecule has 0 spiro atoms. The molecule has 2 rings (SSSR count). The van der Waals surface area contributed by atoms with Crippen molar-refractivity contribution in [2.45, 2.75) is 44.8 Å². The molecular weight excluding hydrogens is 190 g/mol. The Balaban J connectivity index is 1.61. The van der Waals surface area contributed by atoms with E-state index in [0.29, 0.717) is 18.8 Å². The number of rotatable bonds is 4. The highest BCUT2D eigenvalue weighted by Crippen LogP contribution is 2.31. The van der Waals surface area contributed by atoms with E-state index >= 15 is 0 Å². The van der Waals surface area contributed by atoms with Gasteiger partial charge in [0.15, 0.2) is 6.61 Å². The van der Waals surface area contributed by atoms with Gasteiger partial charge in [-0.3, -0.25) is 4.90 Å². The normalized spacial score (nSPS) is 34.0. The van der Waals surface area contributed by atoms with Gasteiger partial charge < -0.3 is 9.84 Å². The van der Waals surface area contributed by atoms with Gasteiger partial charge in [0.05, 0.1) is 18.8 Å². The second-order valence-corrected chi connectivity index (χ2v) is 5.13. The van der Waals surface area contributed by atoms with E-state index in [1.54, 1.807) is 0 Å². The molecule has 0 bridgehead atoms. The van der Waals surface area contributed by atoms with Crippen LogP contribution in [0.5, 0.6) is 0 Å². The van der Waals surface area contributed by atoms with Crippen LogP contribution in [0, 0.1) is 5.92 Å².